The molecular formula is C14H19BrClNO. The minimum absolute atomic E-state index is 0.0483. The quantitative estimate of drug-likeness (QED) is 0.771. The first kappa shape index (κ1) is 15.5. The highest BCUT2D eigenvalue weighted by Gasteiger charge is 2.16. The molecule has 0 N–H and O–H groups in total. The Labute approximate surface area is 122 Å². The maximum Gasteiger partial charge on any atom is 0.253 e. The van der Waals surface area contributed by atoms with E-state index in [0.29, 0.717) is 16.5 Å². The molecule has 0 saturated heterocycles. The average molecular weight is 333 g/mol. The van der Waals surface area contributed by atoms with Gasteiger partial charge in [0.05, 0.1) is 5.02 Å². The van der Waals surface area contributed by atoms with Gasteiger partial charge in [0.15, 0.2) is 0 Å². The first-order valence-electron chi connectivity index (χ1n) is 6.23. The lowest BCUT2D eigenvalue weighted by Crippen LogP contribution is -2.34. The van der Waals surface area contributed by atoms with Crippen molar-refractivity contribution in [3.05, 3.63) is 33.3 Å². The summed E-state index contributed by atoms with van der Waals surface area (Å²) in [6, 6.07) is 5.33. The van der Waals surface area contributed by atoms with E-state index in [9.17, 15) is 4.79 Å². The van der Waals surface area contributed by atoms with Crippen LogP contribution in [-0.4, -0.2) is 23.9 Å². The van der Waals surface area contributed by atoms with Crippen molar-refractivity contribution in [2.45, 2.75) is 27.2 Å². The first-order valence-corrected chi connectivity index (χ1v) is 7.41. The van der Waals surface area contributed by atoms with Crippen molar-refractivity contribution < 1.29 is 4.79 Å². The van der Waals surface area contributed by atoms with Crippen LogP contribution < -0.4 is 0 Å². The Hall–Kier alpha value is -0.540. The van der Waals surface area contributed by atoms with Crippen LogP contribution in [0.2, 0.25) is 5.02 Å². The van der Waals surface area contributed by atoms with Gasteiger partial charge in [0.1, 0.15) is 0 Å². The predicted molar refractivity (Wildman–Crippen MR) is 80.2 cm³/mol. The largest absolute Gasteiger partial charge is 0.339 e. The summed E-state index contributed by atoms with van der Waals surface area (Å²) < 4.78 is 0.811. The molecule has 1 aromatic carbocycles. The van der Waals surface area contributed by atoms with Gasteiger partial charge in [-0.05, 0) is 47.0 Å². The van der Waals surface area contributed by atoms with Gasteiger partial charge in [-0.3, -0.25) is 4.79 Å². The van der Waals surface area contributed by atoms with Gasteiger partial charge in [-0.2, -0.15) is 0 Å². The molecule has 0 radical (unpaired) electrons. The fraction of sp³-hybridized carbons (Fsp3) is 0.500. The van der Waals surface area contributed by atoms with E-state index in [1.165, 1.54) is 0 Å². The summed E-state index contributed by atoms with van der Waals surface area (Å²) in [4.78, 5) is 14.2. The van der Waals surface area contributed by atoms with Crippen LogP contribution in [0.4, 0.5) is 0 Å². The van der Waals surface area contributed by atoms with E-state index >= 15 is 0 Å². The van der Waals surface area contributed by atoms with Gasteiger partial charge < -0.3 is 4.90 Å². The molecule has 18 heavy (non-hydrogen) atoms. The lowest BCUT2D eigenvalue weighted by Gasteiger charge is -2.24. The monoisotopic (exact) mass is 331 g/mol. The number of hydrogen-bond acceptors (Lipinski definition) is 1. The number of carbonyl (C=O) groups excluding carboxylic acids is 1. The molecule has 1 rings (SSSR count). The van der Waals surface area contributed by atoms with Gasteiger partial charge in [0, 0.05) is 23.1 Å². The van der Waals surface area contributed by atoms with Gasteiger partial charge in [-0.25, -0.2) is 0 Å². The van der Waals surface area contributed by atoms with E-state index in [4.69, 9.17) is 11.6 Å². The van der Waals surface area contributed by atoms with Crippen molar-refractivity contribution in [1.82, 2.24) is 4.90 Å². The van der Waals surface area contributed by atoms with Crippen molar-refractivity contribution in [3.8, 4) is 0 Å². The molecular weight excluding hydrogens is 314 g/mol. The van der Waals surface area contributed by atoms with Crippen molar-refractivity contribution in [2.75, 3.05) is 13.1 Å². The molecule has 1 unspecified atom stereocenters. The Morgan fingerprint density at radius 2 is 2.11 bits per heavy atom. The molecule has 4 heteroatoms. The second-order valence-electron chi connectivity index (χ2n) is 4.49. The SMILES string of the molecule is CCC(C)CN(CC)C(=O)c1ccc(Br)c(Cl)c1. The van der Waals surface area contributed by atoms with Crippen LogP contribution in [0.25, 0.3) is 0 Å². The van der Waals surface area contributed by atoms with Crippen molar-refractivity contribution in [1.29, 1.82) is 0 Å². The number of carbonyl (C=O) groups is 1. The molecule has 0 bridgehead atoms. The van der Waals surface area contributed by atoms with Gasteiger partial charge in [-0.1, -0.05) is 31.9 Å². The Balaban J connectivity index is 2.86. The highest BCUT2D eigenvalue weighted by Crippen LogP contribution is 2.24. The first-order chi connectivity index (χ1) is 8.49. The smallest absolute Gasteiger partial charge is 0.253 e. The fourth-order valence-electron chi connectivity index (χ4n) is 1.67. The Bertz CT molecular complexity index is 422. The molecule has 1 aromatic rings. The number of rotatable bonds is 5. The highest BCUT2D eigenvalue weighted by molar-refractivity contribution is 9.10. The number of hydrogen-bond donors (Lipinski definition) is 0. The maximum atomic E-state index is 12.3. The number of benzene rings is 1. The zero-order valence-corrected chi connectivity index (χ0v) is 13.4. The molecule has 0 heterocycles. The molecule has 2 nitrogen and oxygen atoms in total. The summed E-state index contributed by atoms with van der Waals surface area (Å²) in [6.45, 7) is 7.81. The van der Waals surface area contributed by atoms with E-state index in [1.54, 1.807) is 12.1 Å². The van der Waals surface area contributed by atoms with E-state index in [0.717, 1.165) is 24.0 Å². The molecule has 0 aliphatic carbocycles. The summed E-state index contributed by atoms with van der Waals surface area (Å²) in [6.07, 6.45) is 1.07. The molecule has 0 saturated carbocycles. The van der Waals surface area contributed by atoms with Crippen LogP contribution in [0, 0.1) is 5.92 Å². The lowest BCUT2D eigenvalue weighted by atomic mass is 10.1. The zero-order valence-electron chi connectivity index (χ0n) is 11.0. The number of nitrogens with zero attached hydrogens (tertiary/aromatic N) is 1. The summed E-state index contributed by atoms with van der Waals surface area (Å²) in [5.74, 6) is 0.562. The Morgan fingerprint density at radius 3 is 2.61 bits per heavy atom. The van der Waals surface area contributed by atoms with E-state index in [1.807, 2.05) is 17.9 Å². The zero-order chi connectivity index (χ0) is 13.7. The summed E-state index contributed by atoms with van der Waals surface area (Å²) in [5.41, 5.74) is 0.647. The van der Waals surface area contributed by atoms with Crippen molar-refractivity contribution in [3.63, 3.8) is 0 Å². The van der Waals surface area contributed by atoms with E-state index < -0.39 is 0 Å². The Morgan fingerprint density at radius 1 is 1.44 bits per heavy atom. The molecule has 0 spiro atoms. The minimum atomic E-state index is 0.0483. The summed E-state index contributed by atoms with van der Waals surface area (Å²) >= 11 is 9.35. The normalized spacial score (nSPS) is 12.3. The lowest BCUT2D eigenvalue weighted by molar-refractivity contribution is 0.0741. The molecule has 0 aliphatic heterocycles. The standard InChI is InChI=1S/C14H19BrClNO/c1-4-10(3)9-17(5-2)14(18)11-6-7-12(15)13(16)8-11/h6-8,10H,4-5,9H2,1-3H3. The fourth-order valence-corrected chi connectivity index (χ4v) is 2.10. The topological polar surface area (TPSA) is 20.3 Å². The third-order valence-electron chi connectivity index (χ3n) is 3.06. The summed E-state index contributed by atoms with van der Waals surface area (Å²) in [5, 5.41) is 0.570. The van der Waals surface area contributed by atoms with Crippen LogP contribution >= 0.6 is 27.5 Å². The molecule has 0 aromatic heterocycles. The molecule has 1 amide bonds. The van der Waals surface area contributed by atoms with Gasteiger partial charge in [0.2, 0.25) is 0 Å². The molecule has 0 aliphatic rings. The third-order valence-corrected chi connectivity index (χ3v) is 4.30. The van der Waals surface area contributed by atoms with E-state index in [-0.39, 0.29) is 5.91 Å². The van der Waals surface area contributed by atoms with Crippen molar-refractivity contribution >= 4 is 33.4 Å². The van der Waals surface area contributed by atoms with Crippen LogP contribution in [0.1, 0.15) is 37.6 Å². The number of halogens is 2. The average Bonchev–Trinajstić information content (AvgIpc) is 2.38. The molecule has 1 atom stereocenters. The second-order valence-corrected chi connectivity index (χ2v) is 5.75. The van der Waals surface area contributed by atoms with E-state index in [2.05, 4.69) is 29.8 Å². The third kappa shape index (κ3) is 3.99. The van der Waals surface area contributed by atoms with Crippen LogP contribution in [-0.2, 0) is 0 Å². The van der Waals surface area contributed by atoms with Gasteiger partial charge in [0.25, 0.3) is 5.91 Å². The van der Waals surface area contributed by atoms with Gasteiger partial charge >= 0.3 is 0 Å². The van der Waals surface area contributed by atoms with Crippen LogP contribution in [0.3, 0.4) is 0 Å². The van der Waals surface area contributed by atoms with Gasteiger partial charge in [-0.15, -0.1) is 0 Å². The number of amides is 1. The van der Waals surface area contributed by atoms with Crippen LogP contribution in [0.15, 0.2) is 22.7 Å². The van der Waals surface area contributed by atoms with Crippen LogP contribution in [0.5, 0.6) is 0 Å². The highest BCUT2D eigenvalue weighted by atomic mass is 79.9. The second kappa shape index (κ2) is 7.15. The molecule has 100 valence electrons. The maximum absolute atomic E-state index is 12.3. The minimum Gasteiger partial charge on any atom is -0.339 e. The predicted octanol–water partition coefficient (Wildman–Crippen LogP) is 4.61. The summed E-state index contributed by atoms with van der Waals surface area (Å²) in [7, 11) is 0. The molecule has 0 fully saturated rings. The Kier molecular flexibility index (Phi) is 6.16. The van der Waals surface area contributed by atoms with Crippen molar-refractivity contribution in [2.24, 2.45) is 5.92 Å².